The molecule has 2 aromatic rings. The third-order valence-corrected chi connectivity index (χ3v) is 4.93. The molecule has 0 amide bonds. The lowest BCUT2D eigenvalue weighted by Gasteiger charge is -2.35. The molecule has 8 nitrogen and oxygen atoms in total. The summed E-state index contributed by atoms with van der Waals surface area (Å²) in [5.74, 6) is 1.89. The molecule has 2 fully saturated rings. The smallest absolute Gasteiger partial charge is 0.323 e. The lowest BCUT2D eigenvalue weighted by atomic mass is 10.2. The maximum absolute atomic E-state index is 11.7. The average Bonchev–Trinajstić information content (AvgIpc) is 3.32. The zero-order valence-electron chi connectivity index (χ0n) is 14.8. The Balaban J connectivity index is 1.32. The molecule has 0 spiro atoms. The highest BCUT2D eigenvalue weighted by atomic mass is 16.5. The van der Waals surface area contributed by atoms with E-state index >= 15 is 0 Å². The number of esters is 1. The van der Waals surface area contributed by atoms with Crippen LogP contribution in [0.3, 0.4) is 0 Å². The summed E-state index contributed by atoms with van der Waals surface area (Å²) in [5, 5.41) is 4.07. The molecule has 0 saturated carbocycles. The van der Waals surface area contributed by atoms with E-state index in [0.29, 0.717) is 24.9 Å². The lowest BCUT2D eigenvalue weighted by Crippen LogP contribution is -2.51. The van der Waals surface area contributed by atoms with Gasteiger partial charge in [0.1, 0.15) is 11.8 Å². The molecule has 1 atom stereocenters. The van der Waals surface area contributed by atoms with Gasteiger partial charge in [-0.2, -0.15) is 4.98 Å². The third kappa shape index (κ3) is 3.56. The van der Waals surface area contributed by atoms with E-state index in [4.69, 9.17) is 14.0 Å². The molecule has 26 heavy (non-hydrogen) atoms. The van der Waals surface area contributed by atoms with Crippen LogP contribution in [0.4, 0.5) is 0 Å². The van der Waals surface area contributed by atoms with Crippen LogP contribution < -0.4 is 4.74 Å². The van der Waals surface area contributed by atoms with Crippen molar-refractivity contribution in [3.05, 3.63) is 30.2 Å². The Morgan fingerprint density at radius 1 is 1.19 bits per heavy atom. The Labute approximate surface area is 151 Å². The topological polar surface area (TPSA) is 80.9 Å². The molecule has 0 N–H and O–H groups in total. The maximum atomic E-state index is 11.7. The van der Waals surface area contributed by atoms with Crippen molar-refractivity contribution in [2.75, 3.05) is 39.9 Å². The summed E-state index contributed by atoms with van der Waals surface area (Å²) in [4.78, 5) is 20.7. The summed E-state index contributed by atoms with van der Waals surface area (Å²) < 4.78 is 15.6. The second-order valence-electron chi connectivity index (χ2n) is 6.52. The molecule has 138 valence electrons. The first-order chi connectivity index (χ1) is 12.7. The van der Waals surface area contributed by atoms with E-state index in [1.54, 1.807) is 7.11 Å². The minimum absolute atomic E-state index is 0.0674. The number of aromatic nitrogens is 2. The van der Waals surface area contributed by atoms with Crippen LogP contribution in [0.1, 0.15) is 12.3 Å². The fourth-order valence-corrected chi connectivity index (χ4v) is 3.42. The monoisotopic (exact) mass is 358 g/mol. The molecule has 0 bridgehead atoms. The molecule has 2 aliphatic rings. The van der Waals surface area contributed by atoms with Crippen molar-refractivity contribution in [3.63, 3.8) is 0 Å². The normalized spacial score (nSPS) is 21.7. The van der Waals surface area contributed by atoms with E-state index in [0.717, 1.165) is 43.9 Å². The van der Waals surface area contributed by atoms with Crippen LogP contribution in [0, 0.1) is 0 Å². The standard InChI is InChI=1S/C18H22N4O4/c1-24-14-4-2-13(3-5-14)17-19-16(26-20-17)12-21-7-9-22(10-8-21)15-6-11-25-18(15)23/h2-5,15H,6-12H2,1H3. The van der Waals surface area contributed by atoms with Crippen molar-refractivity contribution >= 4 is 5.97 Å². The first-order valence-electron chi connectivity index (χ1n) is 8.83. The van der Waals surface area contributed by atoms with E-state index in [-0.39, 0.29) is 12.0 Å². The van der Waals surface area contributed by atoms with Gasteiger partial charge < -0.3 is 14.0 Å². The van der Waals surface area contributed by atoms with Crippen LogP contribution in [0.5, 0.6) is 5.75 Å². The zero-order chi connectivity index (χ0) is 17.9. The summed E-state index contributed by atoms with van der Waals surface area (Å²) >= 11 is 0. The van der Waals surface area contributed by atoms with Crippen LogP contribution in [0.2, 0.25) is 0 Å². The molecule has 4 rings (SSSR count). The second-order valence-corrected chi connectivity index (χ2v) is 6.52. The van der Waals surface area contributed by atoms with Crippen molar-refractivity contribution in [3.8, 4) is 17.1 Å². The molecule has 3 heterocycles. The summed E-state index contributed by atoms with van der Waals surface area (Å²) in [5.41, 5.74) is 0.894. The van der Waals surface area contributed by atoms with E-state index in [9.17, 15) is 4.79 Å². The fourth-order valence-electron chi connectivity index (χ4n) is 3.42. The lowest BCUT2D eigenvalue weighted by molar-refractivity contribution is -0.142. The molecule has 1 aromatic heterocycles. The highest BCUT2D eigenvalue weighted by molar-refractivity contribution is 5.77. The minimum Gasteiger partial charge on any atom is -0.497 e. The Kier molecular flexibility index (Phi) is 4.85. The number of cyclic esters (lactones) is 1. The number of methoxy groups -OCH3 is 1. The Bertz CT molecular complexity index is 753. The number of piperazine rings is 1. The van der Waals surface area contributed by atoms with Gasteiger partial charge in [-0.05, 0) is 24.3 Å². The molecule has 1 unspecified atom stereocenters. The van der Waals surface area contributed by atoms with Gasteiger partial charge in [0.05, 0.1) is 20.3 Å². The number of benzene rings is 1. The van der Waals surface area contributed by atoms with Crippen LogP contribution in [-0.2, 0) is 16.1 Å². The predicted molar refractivity (Wildman–Crippen MR) is 92.5 cm³/mol. The first-order valence-corrected chi connectivity index (χ1v) is 8.83. The minimum atomic E-state index is -0.0838. The number of rotatable bonds is 5. The number of ether oxygens (including phenoxy) is 2. The van der Waals surface area contributed by atoms with E-state index in [1.165, 1.54) is 0 Å². The highest BCUT2D eigenvalue weighted by Gasteiger charge is 2.34. The summed E-state index contributed by atoms with van der Waals surface area (Å²) in [6.07, 6.45) is 0.799. The van der Waals surface area contributed by atoms with E-state index in [1.807, 2.05) is 24.3 Å². The van der Waals surface area contributed by atoms with Crippen molar-refractivity contribution < 1.29 is 18.8 Å². The molecule has 0 radical (unpaired) electrons. The quantitative estimate of drug-likeness (QED) is 0.737. The maximum Gasteiger partial charge on any atom is 0.323 e. The predicted octanol–water partition coefficient (Wildman–Crippen LogP) is 1.18. The SMILES string of the molecule is COc1ccc(-c2noc(CN3CCN(C4CCOC4=O)CC3)n2)cc1. The Hall–Kier alpha value is -2.45. The van der Waals surface area contributed by atoms with Gasteiger partial charge >= 0.3 is 5.97 Å². The number of nitrogens with zero attached hydrogens (tertiary/aromatic N) is 4. The summed E-state index contributed by atoms with van der Waals surface area (Å²) in [6, 6.07) is 7.50. The largest absolute Gasteiger partial charge is 0.497 e. The summed E-state index contributed by atoms with van der Waals surface area (Å²) in [6.45, 7) is 4.58. The van der Waals surface area contributed by atoms with Gasteiger partial charge in [-0.15, -0.1) is 0 Å². The Morgan fingerprint density at radius 3 is 2.62 bits per heavy atom. The molecule has 2 saturated heterocycles. The molecule has 2 aliphatic heterocycles. The van der Waals surface area contributed by atoms with Crippen LogP contribution in [0.25, 0.3) is 11.4 Å². The number of hydrogen-bond acceptors (Lipinski definition) is 8. The van der Waals surface area contributed by atoms with Gasteiger partial charge in [-0.3, -0.25) is 14.6 Å². The third-order valence-electron chi connectivity index (χ3n) is 4.93. The number of carbonyl (C=O) groups excluding carboxylic acids is 1. The van der Waals surface area contributed by atoms with Crippen molar-refractivity contribution in [1.82, 2.24) is 19.9 Å². The van der Waals surface area contributed by atoms with Gasteiger partial charge in [-0.25, -0.2) is 0 Å². The van der Waals surface area contributed by atoms with Crippen LogP contribution >= 0.6 is 0 Å². The van der Waals surface area contributed by atoms with E-state index < -0.39 is 0 Å². The second kappa shape index (κ2) is 7.43. The highest BCUT2D eigenvalue weighted by Crippen LogP contribution is 2.21. The average molecular weight is 358 g/mol. The molecular formula is C18H22N4O4. The van der Waals surface area contributed by atoms with Gasteiger partial charge in [0.25, 0.3) is 0 Å². The van der Waals surface area contributed by atoms with Crippen LogP contribution in [-0.4, -0.2) is 71.8 Å². The molecule has 0 aliphatic carbocycles. The first kappa shape index (κ1) is 17.0. The fraction of sp³-hybridized carbons (Fsp3) is 0.500. The number of hydrogen-bond donors (Lipinski definition) is 0. The van der Waals surface area contributed by atoms with Gasteiger partial charge in [0.15, 0.2) is 0 Å². The zero-order valence-corrected chi connectivity index (χ0v) is 14.8. The number of carbonyl (C=O) groups is 1. The molecular weight excluding hydrogens is 336 g/mol. The van der Waals surface area contributed by atoms with Gasteiger partial charge in [0.2, 0.25) is 11.7 Å². The van der Waals surface area contributed by atoms with Gasteiger partial charge in [-0.1, -0.05) is 5.16 Å². The summed E-state index contributed by atoms with van der Waals surface area (Å²) in [7, 11) is 1.64. The van der Waals surface area contributed by atoms with Crippen molar-refractivity contribution in [1.29, 1.82) is 0 Å². The van der Waals surface area contributed by atoms with Crippen LogP contribution in [0.15, 0.2) is 28.8 Å². The van der Waals surface area contributed by atoms with Crippen molar-refractivity contribution in [2.24, 2.45) is 0 Å². The molecule has 8 heteroatoms. The van der Waals surface area contributed by atoms with Gasteiger partial charge in [0, 0.05) is 38.2 Å². The van der Waals surface area contributed by atoms with E-state index in [2.05, 4.69) is 19.9 Å². The van der Waals surface area contributed by atoms with Crippen molar-refractivity contribution in [2.45, 2.75) is 19.0 Å². The molecule has 1 aromatic carbocycles. The Morgan fingerprint density at radius 2 is 1.96 bits per heavy atom.